The minimum absolute atomic E-state index is 0.358. The molecule has 1 aromatic heterocycles. The van der Waals surface area contributed by atoms with E-state index in [4.69, 9.17) is 26.8 Å². The molecule has 0 atom stereocenters. The van der Waals surface area contributed by atoms with Crippen molar-refractivity contribution in [3.05, 3.63) is 101 Å². The predicted octanol–water partition coefficient (Wildman–Crippen LogP) is 5.39. The molecule has 1 aliphatic rings. The molecule has 0 aliphatic carbocycles. The van der Waals surface area contributed by atoms with E-state index in [2.05, 4.69) is 69.8 Å². The standard InChI is InChI=1S/C30H35N5O2S/c1-3-24-13-15-26(16-14-24)37-22-29-31-35(30(38)34(29)21-25-9-5-4-6-10-25)23-32-17-19-33(20-18-32)27-11-7-8-12-28(27)36-2/h4-16H,3,17-23H2,1-2H3. The van der Waals surface area contributed by atoms with Crippen LogP contribution in [-0.2, 0) is 26.2 Å². The number of aromatic nitrogens is 3. The second-order valence-corrected chi connectivity index (χ2v) is 9.84. The van der Waals surface area contributed by atoms with Crippen molar-refractivity contribution in [2.75, 3.05) is 38.2 Å². The summed E-state index contributed by atoms with van der Waals surface area (Å²) in [5.74, 6) is 2.57. The minimum atomic E-state index is 0.358. The van der Waals surface area contributed by atoms with Gasteiger partial charge in [-0.15, -0.1) is 0 Å². The van der Waals surface area contributed by atoms with Crippen LogP contribution in [0.25, 0.3) is 0 Å². The van der Waals surface area contributed by atoms with Gasteiger partial charge in [-0.25, -0.2) is 4.68 Å². The number of ether oxygens (including phenoxy) is 2. The van der Waals surface area contributed by atoms with E-state index >= 15 is 0 Å². The predicted molar refractivity (Wildman–Crippen MR) is 154 cm³/mol. The van der Waals surface area contributed by atoms with Crippen LogP contribution in [-0.4, -0.2) is 52.5 Å². The summed E-state index contributed by atoms with van der Waals surface area (Å²) in [5, 5.41) is 4.93. The van der Waals surface area contributed by atoms with Crippen LogP contribution in [0.3, 0.4) is 0 Å². The molecule has 1 fully saturated rings. The molecule has 8 heteroatoms. The topological polar surface area (TPSA) is 47.7 Å². The van der Waals surface area contributed by atoms with E-state index in [1.54, 1.807) is 7.11 Å². The smallest absolute Gasteiger partial charge is 0.199 e. The first kappa shape index (κ1) is 26.0. The summed E-state index contributed by atoms with van der Waals surface area (Å²) >= 11 is 5.93. The number of hydrogen-bond donors (Lipinski definition) is 0. The molecule has 0 saturated carbocycles. The molecular formula is C30H35N5O2S. The molecule has 0 radical (unpaired) electrons. The van der Waals surface area contributed by atoms with E-state index in [0.717, 1.165) is 55.6 Å². The van der Waals surface area contributed by atoms with Crippen molar-refractivity contribution in [1.29, 1.82) is 0 Å². The maximum atomic E-state index is 6.14. The maximum Gasteiger partial charge on any atom is 0.199 e. The van der Waals surface area contributed by atoms with Gasteiger partial charge in [0.1, 0.15) is 18.1 Å². The Morgan fingerprint density at radius 3 is 2.26 bits per heavy atom. The van der Waals surface area contributed by atoms with Crippen molar-refractivity contribution < 1.29 is 9.47 Å². The van der Waals surface area contributed by atoms with Crippen LogP contribution in [0, 0.1) is 4.77 Å². The van der Waals surface area contributed by atoms with E-state index in [-0.39, 0.29) is 0 Å². The molecule has 7 nitrogen and oxygen atoms in total. The Morgan fingerprint density at radius 2 is 1.55 bits per heavy atom. The summed E-state index contributed by atoms with van der Waals surface area (Å²) in [7, 11) is 1.73. The first-order chi connectivity index (χ1) is 18.6. The van der Waals surface area contributed by atoms with Crippen LogP contribution in [0.5, 0.6) is 11.5 Å². The third-order valence-electron chi connectivity index (χ3n) is 7.01. The third-order valence-corrected chi connectivity index (χ3v) is 7.45. The number of hydrogen-bond acceptors (Lipinski definition) is 6. The normalized spacial score (nSPS) is 14.0. The molecule has 38 heavy (non-hydrogen) atoms. The number of methoxy groups -OCH3 is 1. The van der Waals surface area contributed by atoms with Crippen molar-refractivity contribution in [2.24, 2.45) is 0 Å². The van der Waals surface area contributed by atoms with Crippen molar-refractivity contribution in [2.45, 2.75) is 33.2 Å². The first-order valence-corrected chi connectivity index (χ1v) is 13.6. The lowest BCUT2D eigenvalue weighted by molar-refractivity contribution is 0.192. The lowest BCUT2D eigenvalue weighted by atomic mass is 10.2. The third kappa shape index (κ3) is 6.09. The fourth-order valence-electron chi connectivity index (χ4n) is 4.79. The molecule has 0 amide bonds. The zero-order valence-corrected chi connectivity index (χ0v) is 22.9. The molecule has 4 aromatic rings. The first-order valence-electron chi connectivity index (χ1n) is 13.2. The van der Waals surface area contributed by atoms with Crippen molar-refractivity contribution in [3.8, 4) is 11.5 Å². The zero-order valence-electron chi connectivity index (χ0n) is 22.1. The quantitative estimate of drug-likeness (QED) is 0.257. The lowest BCUT2D eigenvalue weighted by Gasteiger charge is -2.36. The number of rotatable bonds is 10. The van der Waals surface area contributed by atoms with Gasteiger partial charge in [-0.2, -0.15) is 5.10 Å². The number of para-hydroxylation sites is 2. The Bertz CT molecular complexity index is 1380. The zero-order chi connectivity index (χ0) is 26.3. The van der Waals surface area contributed by atoms with Crippen LogP contribution in [0.2, 0.25) is 0 Å². The number of aryl methyl sites for hydroxylation is 1. The Morgan fingerprint density at radius 1 is 0.842 bits per heavy atom. The molecular weight excluding hydrogens is 494 g/mol. The summed E-state index contributed by atoms with van der Waals surface area (Å²) in [6.45, 7) is 7.49. The van der Waals surface area contributed by atoms with Crippen LogP contribution in [0.4, 0.5) is 5.69 Å². The van der Waals surface area contributed by atoms with E-state index < -0.39 is 0 Å². The van der Waals surface area contributed by atoms with Crippen LogP contribution in [0.15, 0.2) is 78.9 Å². The highest BCUT2D eigenvalue weighted by molar-refractivity contribution is 7.71. The molecule has 2 heterocycles. The van der Waals surface area contributed by atoms with Crippen molar-refractivity contribution >= 4 is 17.9 Å². The SMILES string of the molecule is CCc1ccc(OCc2nn(CN3CCN(c4ccccc4OC)CC3)c(=S)n2Cc2ccccc2)cc1. The number of nitrogens with zero attached hydrogens (tertiary/aromatic N) is 5. The second-order valence-electron chi connectivity index (χ2n) is 9.47. The van der Waals surface area contributed by atoms with Gasteiger partial charge in [0.05, 0.1) is 26.0 Å². The molecule has 3 aromatic carbocycles. The van der Waals surface area contributed by atoms with Crippen LogP contribution >= 0.6 is 12.2 Å². The Hall–Kier alpha value is -3.62. The minimum Gasteiger partial charge on any atom is -0.495 e. The van der Waals surface area contributed by atoms with Crippen molar-refractivity contribution in [1.82, 2.24) is 19.2 Å². The van der Waals surface area contributed by atoms with Gasteiger partial charge in [0, 0.05) is 26.2 Å². The maximum absolute atomic E-state index is 6.14. The van der Waals surface area contributed by atoms with Crippen LogP contribution in [0.1, 0.15) is 23.9 Å². The Labute approximate surface area is 229 Å². The molecule has 0 N–H and O–H groups in total. The van der Waals surface area contributed by atoms with E-state index in [9.17, 15) is 0 Å². The highest BCUT2D eigenvalue weighted by Crippen LogP contribution is 2.28. The Kier molecular flexibility index (Phi) is 8.41. The molecule has 5 rings (SSSR count). The van der Waals surface area contributed by atoms with Gasteiger partial charge < -0.3 is 14.4 Å². The van der Waals surface area contributed by atoms with E-state index in [0.29, 0.717) is 24.6 Å². The monoisotopic (exact) mass is 529 g/mol. The summed E-state index contributed by atoms with van der Waals surface area (Å²) < 4.78 is 16.5. The molecule has 1 aliphatic heterocycles. The summed E-state index contributed by atoms with van der Waals surface area (Å²) in [5.41, 5.74) is 3.62. The molecule has 0 bridgehead atoms. The molecule has 0 spiro atoms. The lowest BCUT2D eigenvalue weighted by Crippen LogP contribution is -2.47. The van der Waals surface area contributed by atoms with Gasteiger partial charge >= 0.3 is 0 Å². The van der Waals surface area contributed by atoms with Gasteiger partial charge in [-0.05, 0) is 54.0 Å². The van der Waals surface area contributed by atoms with Gasteiger partial charge in [0.2, 0.25) is 0 Å². The highest BCUT2D eigenvalue weighted by Gasteiger charge is 2.21. The number of piperazine rings is 1. The van der Waals surface area contributed by atoms with Gasteiger partial charge in [0.15, 0.2) is 10.6 Å². The fraction of sp³-hybridized carbons (Fsp3) is 0.333. The summed E-state index contributed by atoms with van der Waals surface area (Å²) in [4.78, 5) is 4.78. The average molecular weight is 530 g/mol. The summed E-state index contributed by atoms with van der Waals surface area (Å²) in [6.07, 6.45) is 1.01. The second kappa shape index (κ2) is 12.3. The van der Waals surface area contributed by atoms with Gasteiger partial charge in [0.25, 0.3) is 0 Å². The number of benzene rings is 3. The van der Waals surface area contributed by atoms with Crippen molar-refractivity contribution in [3.63, 3.8) is 0 Å². The Balaban J connectivity index is 1.30. The summed E-state index contributed by atoms with van der Waals surface area (Å²) in [6, 6.07) is 26.8. The van der Waals surface area contributed by atoms with E-state index in [1.807, 2.05) is 35.0 Å². The van der Waals surface area contributed by atoms with Gasteiger partial charge in [-0.1, -0.05) is 61.5 Å². The highest BCUT2D eigenvalue weighted by atomic mass is 32.1. The molecule has 1 saturated heterocycles. The molecule has 198 valence electrons. The molecule has 0 unspecified atom stereocenters. The number of anilines is 1. The van der Waals surface area contributed by atoms with Gasteiger partial charge in [-0.3, -0.25) is 9.47 Å². The largest absolute Gasteiger partial charge is 0.495 e. The van der Waals surface area contributed by atoms with Crippen LogP contribution < -0.4 is 14.4 Å². The average Bonchev–Trinajstić information content (AvgIpc) is 3.26. The fourth-order valence-corrected chi connectivity index (χ4v) is 5.06. The van der Waals surface area contributed by atoms with E-state index in [1.165, 1.54) is 11.1 Å².